The molecule has 112 valence electrons. The fourth-order valence-electron chi connectivity index (χ4n) is 2.74. The van der Waals surface area contributed by atoms with E-state index >= 15 is 0 Å². The number of aliphatic hydroxyl groups excluding tert-OH is 1. The predicted molar refractivity (Wildman–Crippen MR) is 90.9 cm³/mol. The third kappa shape index (κ3) is 3.34. The van der Waals surface area contributed by atoms with E-state index in [0.29, 0.717) is 0 Å². The molecular weight excluding hydrogens is 270 g/mol. The minimum Gasteiger partial charge on any atom is -0.396 e. The average Bonchev–Trinajstić information content (AvgIpc) is 2.56. The van der Waals surface area contributed by atoms with Crippen LogP contribution in [0.5, 0.6) is 0 Å². The smallest absolute Gasteiger partial charge is 0.0705 e. The molecule has 3 rings (SSSR count). The highest BCUT2D eigenvalue weighted by atomic mass is 16.3. The first-order chi connectivity index (χ1) is 10.8. The molecule has 2 aromatic carbocycles. The summed E-state index contributed by atoms with van der Waals surface area (Å²) in [5.41, 5.74) is 4.67. The van der Waals surface area contributed by atoms with E-state index < -0.39 is 0 Å². The second-order valence-electron chi connectivity index (χ2n) is 5.94. The Labute approximate surface area is 131 Å². The van der Waals surface area contributed by atoms with Crippen LogP contribution < -0.4 is 0 Å². The average molecular weight is 291 g/mol. The van der Waals surface area contributed by atoms with Crippen molar-refractivity contribution in [2.45, 2.75) is 19.8 Å². The molecule has 0 radical (unpaired) electrons. The largest absolute Gasteiger partial charge is 0.396 e. The highest BCUT2D eigenvalue weighted by Crippen LogP contribution is 2.21. The van der Waals surface area contributed by atoms with E-state index in [1.807, 2.05) is 18.2 Å². The molecule has 0 aliphatic carbocycles. The Morgan fingerprint density at radius 3 is 2.50 bits per heavy atom. The molecule has 1 unspecified atom stereocenters. The number of hydrogen-bond donors (Lipinski definition) is 1. The van der Waals surface area contributed by atoms with Gasteiger partial charge in [0.2, 0.25) is 0 Å². The van der Waals surface area contributed by atoms with E-state index in [4.69, 9.17) is 4.98 Å². The molecule has 1 heterocycles. The van der Waals surface area contributed by atoms with Crippen LogP contribution in [-0.2, 0) is 12.8 Å². The van der Waals surface area contributed by atoms with E-state index in [-0.39, 0.29) is 12.5 Å². The van der Waals surface area contributed by atoms with Gasteiger partial charge in [-0.1, -0.05) is 55.5 Å². The van der Waals surface area contributed by atoms with Crippen molar-refractivity contribution in [3.63, 3.8) is 0 Å². The number of aliphatic hydroxyl groups is 1. The number of pyridine rings is 1. The van der Waals surface area contributed by atoms with Gasteiger partial charge in [0.15, 0.2) is 0 Å². The first kappa shape index (κ1) is 14.7. The fraction of sp³-hybridized carbons (Fsp3) is 0.250. The molecule has 0 spiro atoms. The monoisotopic (exact) mass is 291 g/mol. The molecule has 1 N–H and O–H groups in total. The quantitative estimate of drug-likeness (QED) is 0.771. The lowest BCUT2D eigenvalue weighted by molar-refractivity contribution is 0.236. The van der Waals surface area contributed by atoms with Gasteiger partial charge in [-0.15, -0.1) is 0 Å². The lowest BCUT2D eigenvalue weighted by Crippen LogP contribution is -2.09. The predicted octanol–water partition coefficient (Wildman–Crippen LogP) is 4.00. The zero-order valence-corrected chi connectivity index (χ0v) is 12.9. The van der Waals surface area contributed by atoms with E-state index in [9.17, 15) is 5.11 Å². The number of aromatic nitrogens is 1. The topological polar surface area (TPSA) is 33.1 Å². The van der Waals surface area contributed by atoms with Crippen molar-refractivity contribution in [2.24, 2.45) is 5.92 Å². The Morgan fingerprint density at radius 1 is 1.00 bits per heavy atom. The molecule has 0 saturated carbocycles. The minimum absolute atomic E-state index is 0.194. The minimum atomic E-state index is 0.194. The Balaban J connectivity index is 2.02. The number of fused-ring (bicyclic) bond motifs is 1. The van der Waals surface area contributed by atoms with Gasteiger partial charge in [0.1, 0.15) is 0 Å². The molecule has 2 heteroatoms. The molecule has 1 aromatic heterocycles. The highest BCUT2D eigenvalue weighted by molar-refractivity contribution is 5.79. The van der Waals surface area contributed by atoms with Crippen LogP contribution in [0.1, 0.15) is 23.7 Å². The molecule has 0 aliphatic heterocycles. The summed E-state index contributed by atoms with van der Waals surface area (Å²) in [5.74, 6) is 0.225. The van der Waals surface area contributed by atoms with Gasteiger partial charge in [0.25, 0.3) is 0 Å². The second-order valence-corrected chi connectivity index (χ2v) is 5.94. The molecule has 22 heavy (non-hydrogen) atoms. The molecule has 3 aromatic rings. The van der Waals surface area contributed by atoms with Crippen molar-refractivity contribution in [1.29, 1.82) is 0 Å². The molecule has 0 saturated heterocycles. The van der Waals surface area contributed by atoms with Crippen molar-refractivity contribution in [3.05, 3.63) is 77.5 Å². The van der Waals surface area contributed by atoms with Crippen LogP contribution in [0, 0.1) is 5.92 Å². The molecule has 2 nitrogen and oxygen atoms in total. The number of rotatable bonds is 5. The van der Waals surface area contributed by atoms with Gasteiger partial charge >= 0.3 is 0 Å². The van der Waals surface area contributed by atoms with Gasteiger partial charge in [0.05, 0.1) is 5.52 Å². The number of nitrogens with zero attached hydrogens (tertiary/aromatic N) is 1. The van der Waals surface area contributed by atoms with Gasteiger partial charge in [-0.2, -0.15) is 0 Å². The van der Waals surface area contributed by atoms with E-state index in [2.05, 4.69) is 49.4 Å². The summed E-state index contributed by atoms with van der Waals surface area (Å²) in [7, 11) is 0. The first-order valence-corrected chi connectivity index (χ1v) is 7.78. The Hall–Kier alpha value is -2.19. The van der Waals surface area contributed by atoms with Crippen LogP contribution in [0.4, 0.5) is 0 Å². The van der Waals surface area contributed by atoms with Gasteiger partial charge in [-0.05, 0) is 42.0 Å². The van der Waals surface area contributed by atoms with Crippen molar-refractivity contribution in [2.75, 3.05) is 6.61 Å². The Bertz CT molecular complexity index is 752. The Morgan fingerprint density at radius 2 is 1.73 bits per heavy atom. The summed E-state index contributed by atoms with van der Waals surface area (Å²) < 4.78 is 0. The fourth-order valence-corrected chi connectivity index (χ4v) is 2.74. The summed E-state index contributed by atoms with van der Waals surface area (Å²) in [4.78, 5) is 4.85. The molecule has 0 bridgehead atoms. The lowest BCUT2D eigenvalue weighted by Gasteiger charge is -2.14. The molecular formula is C20H21NO. The summed E-state index contributed by atoms with van der Waals surface area (Å²) in [6, 6.07) is 20.9. The van der Waals surface area contributed by atoms with Crippen molar-refractivity contribution in [1.82, 2.24) is 4.98 Å². The summed E-state index contributed by atoms with van der Waals surface area (Å²) in [6.07, 6.45) is 1.69. The second kappa shape index (κ2) is 6.71. The maximum atomic E-state index is 9.36. The van der Waals surface area contributed by atoms with Crippen LogP contribution in [0.2, 0.25) is 0 Å². The van der Waals surface area contributed by atoms with Crippen LogP contribution in [-0.4, -0.2) is 16.7 Å². The van der Waals surface area contributed by atoms with E-state index in [0.717, 1.165) is 24.1 Å². The zero-order chi connectivity index (χ0) is 15.4. The van der Waals surface area contributed by atoms with Crippen molar-refractivity contribution in [3.8, 4) is 0 Å². The van der Waals surface area contributed by atoms with Gasteiger partial charge in [-0.3, -0.25) is 4.98 Å². The zero-order valence-electron chi connectivity index (χ0n) is 12.9. The summed E-state index contributed by atoms with van der Waals surface area (Å²) in [5, 5.41) is 10.5. The van der Waals surface area contributed by atoms with Gasteiger partial charge < -0.3 is 5.11 Å². The first-order valence-electron chi connectivity index (χ1n) is 7.78. The summed E-state index contributed by atoms with van der Waals surface area (Å²) >= 11 is 0. The number of para-hydroxylation sites is 1. The van der Waals surface area contributed by atoms with Crippen molar-refractivity contribution < 1.29 is 5.11 Å². The van der Waals surface area contributed by atoms with Gasteiger partial charge in [0, 0.05) is 17.7 Å². The standard InChI is InChI=1S/C20H21NO/c1-15(14-22)11-20-18(12-16-7-3-2-4-8-16)13-17-9-5-6-10-19(17)21-20/h2-10,13,15,22H,11-12,14H2,1H3. The third-order valence-electron chi connectivity index (χ3n) is 3.98. The Kier molecular flexibility index (Phi) is 4.50. The van der Waals surface area contributed by atoms with Crippen LogP contribution in [0.25, 0.3) is 10.9 Å². The highest BCUT2D eigenvalue weighted by Gasteiger charge is 2.11. The summed E-state index contributed by atoms with van der Waals surface area (Å²) in [6.45, 7) is 2.25. The molecule has 1 atom stereocenters. The van der Waals surface area contributed by atoms with Gasteiger partial charge in [-0.25, -0.2) is 0 Å². The van der Waals surface area contributed by atoms with E-state index in [1.54, 1.807) is 0 Å². The number of hydrogen-bond acceptors (Lipinski definition) is 2. The molecule has 0 fully saturated rings. The van der Waals surface area contributed by atoms with Crippen LogP contribution in [0.3, 0.4) is 0 Å². The third-order valence-corrected chi connectivity index (χ3v) is 3.98. The van der Waals surface area contributed by atoms with E-state index in [1.165, 1.54) is 16.5 Å². The molecule has 0 amide bonds. The normalized spacial score (nSPS) is 12.5. The SMILES string of the molecule is CC(CO)Cc1nc2ccccc2cc1Cc1ccccc1. The maximum Gasteiger partial charge on any atom is 0.0705 e. The number of benzene rings is 2. The van der Waals surface area contributed by atoms with Crippen LogP contribution >= 0.6 is 0 Å². The van der Waals surface area contributed by atoms with Crippen molar-refractivity contribution >= 4 is 10.9 Å². The lowest BCUT2D eigenvalue weighted by atomic mass is 9.96. The molecule has 0 aliphatic rings. The van der Waals surface area contributed by atoms with Crippen LogP contribution in [0.15, 0.2) is 60.7 Å². The maximum absolute atomic E-state index is 9.36.